The number of aromatic nitrogens is 5. The molecule has 0 aliphatic heterocycles. The minimum Gasteiger partial charge on any atom is -0.423 e. The van der Waals surface area contributed by atoms with Gasteiger partial charge in [0.05, 0.1) is 5.02 Å². The number of hydrogen-bond donors (Lipinski definition) is 1. The van der Waals surface area contributed by atoms with Crippen LogP contribution in [-0.2, 0) is 0 Å². The van der Waals surface area contributed by atoms with E-state index in [9.17, 15) is 0 Å². The fourth-order valence-electron chi connectivity index (χ4n) is 1.69. The van der Waals surface area contributed by atoms with Gasteiger partial charge in [0.1, 0.15) is 12.1 Å². The van der Waals surface area contributed by atoms with Crippen LogP contribution in [0.5, 0.6) is 11.8 Å². The summed E-state index contributed by atoms with van der Waals surface area (Å²) in [6.07, 6.45) is 4.85. The van der Waals surface area contributed by atoms with Crippen LogP contribution in [0.3, 0.4) is 0 Å². The second-order valence-electron chi connectivity index (χ2n) is 4.28. The molecule has 0 aliphatic rings. The quantitative estimate of drug-likeness (QED) is 0.798. The van der Waals surface area contributed by atoms with Crippen LogP contribution in [-0.4, -0.2) is 24.5 Å². The first-order valence-corrected chi connectivity index (χ1v) is 6.43. The Morgan fingerprint density at radius 1 is 1.24 bits per heavy atom. The lowest BCUT2D eigenvalue weighted by Crippen LogP contribution is -2.06. The molecule has 106 valence electrons. The summed E-state index contributed by atoms with van der Waals surface area (Å²) in [6, 6.07) is 5.48. The number of hydrogen-bond acceptors (Lipinski definition) is 6. The van der Waals surface area contributed by atoms with Crippen LogP contribution in [0.4, 0.5) is 5.95 Å². The van der Waals surface area contributed by atoms with Gasteiger partial charge in [-0.15, -0.1) is 0 Å². The average molecular weight is 303 g/mol. The smallest absolute Gasteiger partial charge is 0.328 e. The Kier molecular flexibility index (Phi) is 3.41. The van der Waals surface area contributed by atoms with E-state index in [-0.39, 0.29) is 12.0 Å². The van der Waals surface area contributed by atoms with Crippen molar-refractivity contribution in [3.63, 3.8) is 0 Å². The molecule has 0 radical (unpaired) electrons. The molecule has 8 heteroatoms. The van der Waals surface area contributed by atoms with Crippen molar-refractivity contribution in [2.75, 3.05) is 5.73 Å². The highest BCUT2D eigenvalue weighted by Gasteiger charge is 2.10. The normalized spacial score (nSPS) is 10.6. The summed E-state index contributed by atoms with van der Waals surface area (Å²) >= 11 is 6.12. The molecule has 0 aliphatic carbocycles. The van der Waals surface area contributed by atoms with Crippen LogP contribution in [0, 0.1) is 6.92 Å². The minimum absolute atomic E-state index is 0.0481. The van der Waals surface area contributed by atoms with Crippen LogP contribution in [0.2, 0.25) is 5.02 Å². The molecule has 2 N–H and O–H groups in total. The zero-order chi connectivity index (χ0) is 14.8. The van der Waals surface area contributed by atoms with Crippen molar-refractivity contribution >= 4 is 17.5 Å². The second kappa shape index (κ2) is 5.37. The molecule has 1 aromatic carbocycles. The topological polar surface area (TPSA) is 91.7 Å². The molecule has 0 saturated carbocycles. The van der Waals surface area contributed by atoms with Crippen molar-refractivity contribution in [1.29, 1.82) is 0 Å². The molecule has 3 aromatic rings. The summed E-state index contributed by atoms with van der Waals surface area (Å²) in [6.45, 7) is 1.94. The molecule has 7 nitrogen and oxygen atoms in total. The van der Waals surface area contributed by atoms with Gasteiger partial charge < -0.3 is 10.5 Å². The maximum Gasteiger partial charge on any atom is 0.328 e. The number of nitrogens with two attached hydrogens (primary N) is 1. The highest BCUT2D eigenvalue weighted by atomic mass is 35.5. The number of rotatable bonds is 3. The number of aryl methyl sites for hydroxylation is 1. The molecule has 21 heavy (non-hydrogen) atoms. The van der Waals surface area contributed by atoms with Gasteiger partial charge in [-0.3, -0.25) is 4.57 Å². The molecule has 0 unspecified atom stereocenters. The van der Waals surface area contributed by atoms with Gasteiger partial charge in [0.15, 0.2) is 0 Å². The van der Waals surface area contributed by atoms with Gasteiger partial charge in [-0.25, -0.2) is 4.98 Å². The Morgan fingerprint density at radius 3 is 2.81 bits per heavy atom. The zero-order valence-electron chi connectivity index (χ0n) is 11.1. The summed E-state index contributed by atoms with van der Waals surface area (Å²) in [7, 11) is 0. The van der Waals surface area contributed by atoms with E-state index >= 15 is 0 Å². The first-order valence-electron chi connectivity index (χ1n) is 6.06. The molecule has 0 fully saturated rings. The molecule has 2 aromatic heterocycles. The van der Waals surface area contributed by atoms with Gasteiger partial charge in [0.2, 0.25) is 11.9 Å². The zero-order valence-corrected chi connectivity index (χ0v) is 11.8. The largest absolute Gasteiger partial charge is 0.423 e. The highest BCUT2D eigenvalue weighted by molar-refractivity contribution is 6.32. The first kappa shape index (κ1) is 13.3. The molecule has 3 rings (SSSR count). The van der Waals surface area contributed by atoms with Crippen molar-refractivity contribution < 1.29 is 4.74 Å². The predicted molar refractivity (Wildman–Crippen MR) is 77.6 cm³/mol. The van der Waals surface area contributed by atoms with E-state index in [0.717, 1.165) is 5.56 Å². The predicted octanol–water partition coefficient (Wildman–Crippen LogP) is 2.39. The maximum atomic E-state index is 6.12. The van der Waals surface area contributed by atoms with Crippen LogP contribution in [0.25, 0.3) is 5.95 Å². The van der Waals surface area contributed by atoms with Gasteiger partial charge >= 0.3 is 6.01 Å². The Morgan fingerprint density at radius 2 is 2.10 bits per heavy atom. The number of nitrogens with zero attached hydrogens (tertiary/aromatic N) is 5. The van der Waals surface area contributed by atoms with E-state index in [1.807, 2.05) is 13.0 Å². The van der Waals surface area contributed by atoms with Crippen molar-refractivity contribution in [3.8, 4) is 17.7 Å². The summed E-state index contributed by atoms with van der Waals surface area (Å²) in [5, 5.41) is 0.471. The lowest BCUT2D eigenvalue weighted by molar-refractivity contribution is 0.439. The fraction of sp³-hybridized carbons (Fsp3) is 0.0769. The Balaban J connectivity index is 1.95. The maximum absolute atomic E-state index is 6.12. The van der Waals surface area contributed by atoms with Gasteiger partial charge in [0.25, 0.3) is 0 Å². The average Bonchev–Trinajstić information content (AvgIpc) is 2.95. The van der Waals surface area contributed by atoms with Crippen LogP contribution in [0.15, 0.2) is 36.9 Å². The Hall–Kier alpha value is -2.67. The van der Waals surface area contributed by atoms with E-state index in [1.54, 1.807) is 35.4 Å². The summed E-state index contributed by atoms with van der Waals surface area (Å²) in [4.78, 5) is 16.1. The van der Waals surface area contributed by atoms with Crippen molar-refractivity contribution in [3.05, 3.63) is 47.5 Å². The second-order valence-corrected chi connectivity index (χ2v) is 4.69. The fourth-order valence-corrected chi connectivity index (χ4v) is 1.96. The lowest BCUT2D eigenvalue weighted by Gasteiger charge is -2.08. The van der Waals surface area contributed by atoms with Crippen molar-refractivity contribution in [1.82, 2.24) is 24.5 Å². The van der Waals surface area contributed by atoms with E-state index in [2.05, 4.69) is 19.9 Å². The molecule has 0 amide bonds. The third-order valence-corrected chi connectivity index (χ3v) is 2.94. The molecule has 0 spiro atoms. The monoisotopic (exact) mass is 302 g/mol. The molecular weight excluding hydrogens is 292 g/mol. The molecular formula is C13H11ClN6O. The minimum atomic E-state index is 0.0481. The van der Waals surface area contributed by atoms with E-state index in [1.165, 1.54) is 0 Å². The van der Waals surface area contributed by atoms with Crippen molar-refractivity contribution in [2.45, 2.75) is 6.92 Å². The number of imidazole rings is 1. The summed E-state index contributed by atoms with van der Waals surface area (Å²) in [5.41, 5.74) is 6.70. The molecule has 2 heterocycles. The molecule has 0 atom stereocenters. The Labute approximate surface area is 125 Å². The number of ether oxygens (including phenoxy) is 1. The van der Waals surface area contributed by atoms with E-state index < -0.39 is 0 Å². The van der Waals surface area contributed by atoms with Crippen LogP contribution < -0.4 is 10.5 Å². The lowest BCUT2D eigenvalue weighted by atomic mass is 10.2. The third kappa shape index (κ3) is 2.92. The van der Waals surface area contributed by atoms with Crippen LogP contribution in [0.1, 0.15) is 5.56 Å². The number of benzene rings is 1. The van der Waals surface area contributed by atoms with Crippen LogP contribution >= 0.6 is 11.6 Å². The molecule has 0 bridgehead atoms. The van der Waals surface area contributed by atoms with Gasteiger partial charge in [-0.05, 0) is 24.6 Å². The highest BCUT2D eigenvalue weighted by Crippen LogP contribution is 2.28. The number of anilines is 1. The number of nitrogen functional groups attached to an aromatic ring is 1. The SMILES string of the molecule is Cc1ccc(Oc2nc(N)nc(-n3ccnc3)n2)c(Cl)c1. The van der Waals surface area contributed by atoms with E-state index in [4.69, 9.17) is 22.1 Å². The van der Waals surface area contributed by atoms with E-state index in [0.29, 0.717) is 16.7 Å². The Bertz CT molecular complexity index is 774. The van der Waals surface area contributed by atoms with Crippen molar-refractivity contribution in [2.24, 2.45) is 0 Å². The summed E-state index contributed by atoms with van der Waals surface area (Å²) < 4.78 is 7.17. The third-order valence-electron chi connectivity index (χ3n) is 2.64. The standard InChI is InChI=1S/C13H11ClN6O/c1-8-2-3-10(9(14)6-8)21-13-18-11(15)17-12(19-13)20-5-4-16-7-20/h2-7H,1H3,(H2,15,17,18,19). The summed E-state index contributed by atoms with van der Waals surface area (Å²) in [5.74, 6) is 0.814. The van der Waals surface area contributed by atoms with Gasteiger partial charge in [0, 0.05) is 12.4 Å². The number of halogens is 1. The van der Waals surface area contributed by atoms with Gasteiger partial charge in [-0.1, -0.05) is 17.7 Å². The van der Waals surface area contributed by atoms with Gasteiger partial charge in [-0.2, -0.15) is 15.0 Å². The first-order chi connectivity index (χ1) is 10.1. The molecule has 0 saturated heterocycles.